The summed E-state index contributed by atoms with van der Waals surface area (Å²) in [6.07, 6.45) is 0.877. The van der Waals surface area contributed by atoms with Crippen LogP contribution in [0.2, 0.25) is 0 Å². The molecule has 4 atom stereocenters. The Morgan fingerprint density at radius 1 is 0.780 bits per heavy atom. The first-order chi connectivity index (χ1) is 19.5. The number of aliphatic carboxylic acids is 2. The number of benzene rings is 2. The third kappa shape index (κ3) is 8.64. The van der Waals surface area contributed by atoms with Crippen molar-refractivity contribution in [1.82, 2.24) is 20.9 Å². The summed E-state index contributed by atoms with van der Waals surface area (Å²) in [6.45, 7) is 3.54. The molecule has 3 aromatic rings. The molecular weight excluding hydrogens is 530 g/mol. The molecule has 0 saturated heterocycles. The van der Waals surface area contributed by atoms with E-state index in [-0.39, 0.29) is 18.8 Å². The molecule has 0 aliphatic heterocycles. The number of fused-ring (bicyclic) bond motifs is 1. The summed E-state index contributed by atoms with van der Waals surface area (Å²) in [5.74, 6) is -5.26. The maximum Gasteiger partial charge on any atom is 0.326 e. The highest BCUT2D eigenvalue weighted by molar-refractivity contribution is 5.95. The Morgan fingerprint density at radius 2 is 1.34 bits per heavy atom. The van der Waals surface area contributed by atoms with Crippen LogP contribution >= 0.6 is 0 Å². The molecule has 1 heterocycles. The van der Waals surface area contributed by atoms with Crippen LogP contribution in [0.4, 0.5) is 0 Å². The molecular formula is C29H35N5O7. The van der Waals surface area contributed by atoms with Gasteiger partial charge >= 0.3 is 11.9 Å². The maximum absolute atomic E-state index is 13.6. The number of hydrogen-bond donors (Lipinski definition) is 7. The minimum Gasteiger partial charge on any atom is -0.481 e. The number of nitrogens with two attached hydrogens (primary N) is 1. The van der Waals surface area contributed by atoms with Crippen LogP contribution in [0.15, 0.2) is 60.8 Å². The van der Waals surface area contributed by atoms with Crippen LogP contribution in [0.3, 0.4) is 0 Å². The van der Waals surface area contributed by atoms with Crippen LogP contribution in [0.5, 0.6) is 0 Å². The molecule has 12 heteroatoms. The van der Waals surface area contributed by atoms with Crippen molar-refractivity contribution in [3.63, 3.8) is 0 Å². The van der Waals surface area contributed by atoms with Gasteiger partial charge in [0.2, 0.25) is 17.7 Å². The third-order valence-electron chi connectivity index (χ3n) is 6.66. The number of para-hydroxylation sites is 1. The minimum atomic E-state index is -1.72. The molecule has 1 aromatic heterocycles. The van der Waals surface area contributed by atoms with Gasteiger partial charge in [-0.1, -0.05) is 62.4 Å². The number of carboxylic acids is 2. The fourth-order valence-electron chi connectivity index (χ4n) is 4.28. The molecule has 0 fully saturated rings. The Balaban J connectivity index is 1.91. The molecule has 0 aliphatic rings. The lowest BCUT2D eigenvalue weighted by Crippen LogP contribution is -2.58. The molecule has 2 aromatic carbocycles. The summed E-state index contributed by atoms with van der Waals surface area (Å²) in [7, 11) is 0. The van der Waals surface area contributed by atoms with Gasteiger partial charge in [0, 0.05) is 29.9 Å². The normalized spacial score (nSPS) is 14.0. The predicted octanol–water partition coefficient (Wildman–Crippen LogP) is 0.950. The summed E-state index contributed by atoms with van der Waals surface area (Å²) in [4.78, 5) is 65.7. The van der Waals surface area contributed by atoms with Crippen LogP contribution in [-0.2, 0) is 36.8 Å². The number of rotatable bonds is 14. The SMILES string of the molecule is CC(C)C(N)C(=O)NC(Cc1ccccc1)C(=O)NC(Cc1c[nH]c2ccccc12)C(=O)NC(CC(=O)O)C(=O)O. The second-order valence-electron chi connectivity index (χ2n) is 10.1. The van der Waals surface area contributed by atoms with Crippen molar-refractivity contribution in [2.45, 2.75) is 57.3 Å². The van der Waals surface area contributed by atoms with Crippen molar-refractivity contribution in [3.05, 3.63) is 71.9 Å². The van der Waals surface area contributed by atoms with E-state index in [4.69, 9.17) is 10.8 Å². The van der Waals surface area contributed by atoms with Crippen molar-refractivity contribution in [2.75, 3.05) is 0 Å². The molecule has 12 nitrogen and oxygen atoms in total. The van der Waals surface area contributed by atoms with Crippen molar-refractivity contribution in [1.29, 1.82) is 0 Å². The molecule has 0 bridgehead atoms. The van der Waals surface area contributed by atoms with Crippen molar-refractivity contribution in [3.8, 4) is 0 Å². The third-order valence-corrected chi connectivity index (χ3v) is 6.66. The second kappa shape index (κ2) is 14.1. The van der Waals surface area contributed by atoms with Gasteiger partial charge in [-0.25, -0.2) is 4.79 Å². The Labute approximate surface area is 236 Å². The van der Waals surface area contributed by atoms with Crippen molar-refractivity contribution in [2.24, 2.45) is 11.7 Å². The Morgan fingerprint density at radius 3 is 1.95 bits per heavy atom. The summed E-state index contributed by atoms with van der Waals surface area (Å²) < 4.78 is 0. The lowest BCUT2D eigenvalue weighted by molar-refractivity contribution is -0.147. The summed E-state index contributed by atoms with van der Waals surface area (Å²) >= 11 is 0. The van der Waals surface area contributed by atoms with E-state index < -0.39 is 60.2 Å². The van der Waals surface area contributed by atoms with Gasteiger partial charge < -0.3 is 36.9 Å². The van der Waals surface area contributed by atoms with Gasteiger partial charge in [-0.15, -0.1) is 0 Å². The number of carbonyl (C=O) groups is 5. The zero-order valence-corrected chi connectivity index (χ0v) is 22.8. The largest absolute Gasteiger partial charge is 0.481 e. The van der Waals surface area contributed by atoms with Gasteiger partial charge in [-0.3, -0.25) is 19.2 Å². The molecule has 3 amide bonds. The average Bonchev–Trinajstić information content (AvgIpc) is 3.34. The summed E-state index contributed by atoms with van der Waals surface area (Å²) in [6, 6.07) is 11.3. The van der Waals surface area contributed by atoms with E-state index in [0.29, 0.717) is 5.56 Å². The Bertz CT molecular complexity index is 1390. The van der Waals surface area contributed by atoms with E-state index in [1.54, 1.807) is 44.3 Å². The van der Waals surface area contributed by atoms with Gasteiger partial charge in [0.05, 0.1) is 12.5 Å². The number of hydrogen-bond acceptors (Lipinski definition) is 6. The second-order valence-corrected chi connectivity index (χ2v) is 10.1. The zero-order valence-electron chi connectivity index (χ0n) is 22.8. The molecule has 4 unspecified atom stereocenters. The highest BCUT2D eigenvalue weighted by Gasteiger charge is 2.32. The van der Waals surface area contributed by atoms with Crippen molar-refractivity contribution >= 4 is 40.6 Å². The topological polar surface area (TPSA) is 204 Å². The molecule has 0 radical (unpaired) electrons. The molecule has 41 heavy (non-hydrogen) atoms. The fraction of sp³-hybridized carbons (Fsp3) is 0.345. The lowest BCUT2D eigenvalue weighted by atomic mass is 10.00. The van der Waals surface area contributed by atoms with E-state index in [2.05, 4.69) is 20.9 Å². The van der Waals surface area contributed by atoms with Gasteiger partial charge in [-0.2, -0.15) is 0 Å². The van der Waals surface area contributed by atoms with E-state index in [1.807, 2.05) is 30.3 Å². The molecule has 0 spiro atoms. The van der Waals surface area contributed by atoms with E-state index in [1.165, 1.54) is 0 Å². The van der Waals surface area contributed by atoms with Crippen molar-refractivity contribution < 1.29 is 34.2 Å². The van der Waals surface area contributed by atoms with Gasteiger partial charge in [0.25, 0.3) is 0 Å². The molecule has 8 N–H and O–H groups in total. The minimum absolute atomic E-state index is 0.0431. The monoisotopic (exact) mass is 565 g/mol. The number of aromatic nitrogens is 1. The highest BCUT2D eigenvalue weighted by Crippen LogP contribution is 2.19. The molecule has 3 rings (SSSR count). The Hall–Kier alpha value is -4.71. The standard InChI is InChI=1S/C29H35N5O7/c1-16(2)25(30)28(39)33-21(12-17-8-4-3-5-9-17)26(37)32-22(27(38)34-23(29(40)41)14-24(35)36)13-18-15-31-20-11-7-6-10-19(18)20/h3-11,15-16,21-23,25,31H,12-14,30H2,1-2H3,(H,32,37)(H,33,39)(H,34,38)(H,35,36)(H,40,41). The van der Waals surface area contributed by atoms with Crippen LogP contribution in [-0.4, -0.2) is 69.0 Å². The lowest BCUT2D eigenvalue weighted by Gasteiger charge is -2.26. The number of nitrogens with one attached hydrogen (secondary N) is 4. The molecule has 0 aliphatic carbocycles. The average molecular weight is 566 g/mol. The number of carboxylic acid groups (broad SMARTS) is 2. The van der Waals surface area contributed by atoms with E-state index in [0.717, 1.165) is 16.5 Å². The van der Waals surface area contributed by atoms with Crippen LogP contribution in [0, 0.1) is 5.92 Å². The predicted molar refractivity (Wildman–Crippen MR) is 151 cm³/mol. The number of carbonyl (C=O) groups excluding carboxylic acids is 3. The Kier molecular flexibility index (Phi) is 10.6. The number of aromatic amines is 1. The molecule has 218 valence electrons. The quantitative estimate of drug-likeness (QED) is 0.150. The highest BCUT2D eigenvalue weighted by atomic mass is 16.4. The van der Waals surface area contributed by atoms with Gasteiger partial charge in [-0.05, 0) is 23.1 Å². The zero-order chi connectivity index (χ0) is 30.1. The molecule has 0 saturated carbocycles. The number of H-pyrrole nitrogens is 1. The first-order valence-electron chi connectivity index (χ1n) is 13.2. The van der Waals surface area contributed by atoms with Crippen LogP contribution in [0.25, 0.3) is 10.9 Å². The van der Waals surface area contributed by atoms with Gasteiger partial charge in [0.15, 0.2) is 0 Å². The summed E-state index contributed by atoms with van der Waals surface area (Å²) in [5, 5.41) is 26.9. The van der Waals surface area contributed by atoms with Gasteiger partial charge in [0.1, 0.15) is 18.1 Å². The summed E-state index contributed by atoms with van der Waals surface area (Å²) in [5.41, 5.74) is 8.20. The smallest absolute Gasteiger partial charge is 0.326 e. The number of amides is 3. The first-order valence-corrected chi connectivity index (χ1v) is 13.2. The fourth-order valence-corrected chi connectivity index (χ4v) is 4.28. The van der Waals surface area contributed by atoms with Crippen LogP contribution < -0.4 is 21.7 Å². The van der Waals surface area contributed by atoms with Crippen LogP contribution in [0.1, 0.15) is 31.4 Å². The maximum atomic E-state index is 13.6. The first kappa shape index (κ1) is 30.8. The van der Waals surface area contributed by atoms with E-state index >= 15 is 0 Å². The van der Waals surface area contributed by atoms with E-state index in [9.17, 15) is 29.1 Å².